The third kappa shape index (κ3) is 3.13. The summed E-state index contributed by atoms with van der Waals surface area (Å²) in [5.41, 5.74) is 1.04. The quantitative estimate of drug-likeness (QED) is 0.779. The normalized spacial score (nSPS) is 16.1. The molecule has 0 aliphatic heterocycles. The number of nitrogens with zero attached hydrogens (tertiary/aromatic N) is 1. The van der Waals surface area contributed by atoms with E-state index < -0.39 is 10.0 Å². The lowest BCUT2D eigenvalue weighted by atomic mass is 10.4. The number of aryl methyl sites for hydroxylation is 1. The highest BCUT2D eigenvalue weighted by molar-refractivity contribution is 7.89. The van der Waals surface area contributed by atoms with Crippen LogP contribution in [0.4, 0.5) is 0 Å². The molecule has 0 aromatic carbocycles. The van der Waals surface area contributed by atoms with Crippen molar-refractivity contribution in [2.45, 2.75) is 50.2 Å². The molecule has 0 radical (unpaired) electrons. The molecule has 1 aromatic heterocycles. The van der Waals surface area contributed by atoms with Crippen molar-refractivity contribution in [3.63, 3.8) is 0 Å². The van der Waals surface area contributed by atoms with Crippen molar-refractivity contribution in [1.82, 2.24) is 14.6 Å². The predicted molar refractivity (Wildman–Crippen MR) is 70.8 cm³/mol. The number of rotatable bonds is 7. The van der Waals surface area contributed by atoms with E-state index in [1.165, 1.54) is 19.9 Å². The van der Waals surface area contributed by atoms with E-state index in [-0.39, 0.29) is 0 Å². The molecule has 2 N–H and O–H groups in total. The molecule has 1 heterocycles. The fourth-order valence-corrected chi connectivity index (χ4v) is 2.72. The van der Waals surface area contributed by atoms with Gasteiger partial charge in [-0.25, -0.2) is 13.1 Å². The number of hydrogen-bond donors (Lipinski definition) is 2. The second kappa shape index (κ2) is 5.42. The molecule has 0 unspecified atom stereocenters. The lowest BCUT2D eigenvalue weighted by molar-refractivity contribution is 0.586. The van der Waals surface area contributed by atoms with E-state index in [9.17, 15) is 8.42 Å². The summed E-state index contributed by atoms with van der Waals surface area (Å²) in [6, 6.07) is 2.39. The first-order chi connectivity index (χ1) is 8.56. The molecule has 18 heavy (non-hydrogen) atoms. The van der Waals surface area contributed by atoms with Crippen LogP contribution in [0.1, 0.15) is 31.9 Å². The summed E-state index contributed by atoms with van der Waals surface area (Å²) in [7, 11) is -1.90. The zero-order chi connectivity index (χ0) is 13.2. The van der Waals surface area contributed by atoms with Crippen LogP contribution in [-0.4, -0.2) is 26.1 Å². The van der Waals surface area contributed by atoms with Crippen LogP contribution in [0.15, 0.2) is 17.2 Å². The van der Waals surface area contributed by atoms with Crippen LogP contribution in [0.2, 0.25) is 0 Å². The van der Waals surface area contributed by atoms with Crippen LogP contribution in [0, 0.1) is 0 Å². The lowest BCUT2D eigenvalue weighted by Gasteiger charge is -2.07. The van der Waals surface area contributed by atoms with Gasteiger partial charge in [0.1, 0.15) is 0 Å². The smallest absolute Gasteiger partial charge is 0.241 e. The SMILES string of the molecule is CCCn1cc(S(=O)(=O)NC)cc1CNC1CC1. The van der Waals surface area contributed by atoms with Crippen LogP contribution < -0.4 is 10.0 Å². The fraction of sp³-hybridized carbons (Fsp3) is 0.667. The third-order valence-corrected chi connectivity index (χ3v) is 4.53. The van der Waals surface area contributed by atoms with Gasteiger partial charge in [0.05, 0.1) is 4.90 Å². The maximum atomic E-state index is 11.8. The van der Waals surface area contributed by atoms with Gasteiger partial charge in [0.25, 0.3) is 0 Å². The van der Waals surface area contributed by atoms with E-state index >= 15 is 0 Å². The van der Waals surface area contributed by atoms with E-state index in [2.05, 4.69) is 17.0 Å². The second-order valence-corrected chi connectivity index (χ2v) is 6.61. The Bertz CT molecular complexity index is 503. The van der Waals surface area contributed by atoms with Crippen molar-refractivity contribution in [3.05, 3.63) is 18.0 Å². The molecule has 0 bridgehead atoms. The van der Waals surface area contributed by atoms with Gasteiger partial charge >= 0.3 is 0 Å². The van der Waals surface area contributed by atoms with Gasteiger partial charge in [-0.1, -0.05) is 6.92 Å². The Kier molecular flexibility index (Phi) is 4.09. The van der Waals surface area contributed by atoms with E-state index in [4.69, 9.17) is 0 Å². The van der Waals surface area contributed by atoms with Gasteiger partial charge in [0.2, 0.25) is 10.0 Å². The van der Waals surface area contributed by atoms with E-state index in [1.807, 2.05) is 4.57 Å². The zero-order valence-electron chi connectivity index (χ0n) is 10.9. The van der Waals surface area contributed by atoms with Crippen molar-refractivity contribution in [2.75, 3.05) is 7.05 Å². The molecule has 1 aliphatic carbocycles. The second-order valence-electron chi connectivity index (χ2n) is 4.72. The van der Waals surface area contributed by atoms with Crippen LogP contribution in [0.5, 0.6) is 0 Å². The minimum absolute atomic E-state index is 0.353. The van der Waals surface area contributed by atoms with Gasteiger partial charge in [-0.05, 0) is 32.4 Å². The molecule has 102 valence electrons. The summed E-state index contributed by atoms with van der Waals surface area (Å²) in [6.45, 7) is 3.68. The van der Waals surface area contributed by atoms with Crippen LogP contribution in [-0.2, 0) is 23.1 Å². The van der Waals surface area contributed by atoms with Gasteiger partial charge in [-0.3, -0.25) is 0 Å². The zero-order valence-corrected chi connectivity index (χ0v) is 11.8. The Morgan fingerprint density at radius 2 is 2.17 bits per heavy atom. The van der Waals surface area contributed by atoms with Crippen LogP contribution >= 0.6 is 0 Å². The van der Waals surface area contributed by atoms with Crippen molar-refractivity contribution in [3.8, 4) is 0 Å². The maximum Gasteiger partial charge on any atom is 0.241 e. The molecule has 0 spiro atoms. The van der Waals surface area contributed by atoms with Crippen LogP contribution in [0.3, 0.4) is 0 Å². The molecule has 5 nitrogen and oxygen atoms in total. The molecule has 1 saturated carbocycles. The minimum Gasteiger partial charge on any atom is -0.349 e. The minimum atomic E-state index is -3.34. The molecule has 1 fully saturated rings. The maximum absolute atomic E-state index is 11.8. The number of aromatic nitrogens is 1. The number of nitrogens with one attached hydrogen (secondary N) is 2. The first-order valence-electron chi connectivity index (χ1n) is 6.43. The standard InChI is InChI=1S/C12H21N3O2S/c1-3-6-15-9-12(18(16,17)13-2)7-11(15)8-14-10-4-5-10/h7,9-10,13-14H,3-6,8H2,1-2H3. The molecular formula is C12H21N3O2S. The third-order valence-electron chi connectivity index (χ3n) is 3.15. The summed E-state index contributed by atoms with van der Waals surface area (Å²) >= 11 is 0. The van der Waals surface area contributed by atoms with Crippen LogP contribution in [0.25, 0.3) is 0 Å². The molecule has 1 aliphatic rings. The molecule has 0 saturated heterocycles. The summed E-state index contributed by atoms with van der Waals surface area (Å²) < 4.78 is 27.9. The van der Waals surface area contributed by atoms with Gasteiger partial charge in [-0.15, -0.1) is 0 Å². The summed E-state index contributed by atoms with van der Waals surface area (Å²) in [5, 5.41) is 3.42. The fourth-order valence-electron chi connectivity index (χ4n) is 1.92. The van der Waals surface area contributed by atoms with E-state index in [1.54, 1.807) is 12.3 Å². The van der Waals surface area contributed by atoms with Crippen molar-refractivity contribution >= 4 is 10.0 Å². The highest BCUT2D eigenvalue weighted by Crippen LogP contribution is 2.20. The average molecular weight is 271 g/mol. The average Bonchev–Trinajstić information content (AvgIpc) is 3.08. The Morgan fingerprint density at radius 1 is 1.44 bits per heavy atom. The van der Waals surface area contributed by atoms with Crippen molar-refractivity contribution < 1.29 is 8.42 Å². The van der Waals surface area contributed by atoms with Crippen molar-refractivity contribution in [1.29, 1.82) is 0 Å². The Balaban J connectivity index is 2.19. The van der Waals surface area contributed by atoms with Gasteiger partial charge in [-0.2, -0.15) is 0 Å². The van der Waals surface area contributed by atoms with Crippen molar-refractivity contribution in [2.24, 2.45) is 0 Å². The summed E-state index contributed by atoms with van der Waals surface area (Å²) in [6.07, 6.45) is 5.18. The number of sulfonamides is 1. The molecule has 0 amide bonds. The molecular weight excluding hydrogens is 250 g/mol. The number of hydrogen-bond acceptors (Lipinski definition) is 3. The Morgan fingerprint density at radius 3 is 2.72 bits per heavy atom. The summed E-state index contributed by atoms with van der Waals surface area (Å²) in [4.78, 5) is 0.353. The van der Waals surface area contributed by atoms with E-state index in [0.717, 1.165) is 25.2 Å². The lowest BCUT2D eigenvalue weighted by Crippen LogP contribution is -2.18. The molecule has 1 aromatic rings. The largest absolute Gasteiger partial charge is 0.349 e. The van der Waals surface area contributed by atoms with E-state index in [0.29, 0.717) is 10.9 Å². The highest BCUT2D eigenvalue weighted by Gasteiger charge is 2.22. The van der Waals surface area contributed by atoms with Gasteiger partial charge in [0, 0.05) is 31.0 Å². The highest BCUT2D eigenvalue weighted by atomic mass is 32.2. The molecule has 0 atom stereocenters. The summed E-state index contributed by atoms with van der Waals surface area (Å²) in [5.74, 6) is 0. The Hall–Kier alpha value is -0.850. The first kappa shape index (κ1) is 13.6. The monoisotopic (exact) mass is 271 g/mol. The van der Waals surface area contributed by atoms with Gasteiger partial charge in [0.15, 0.2) is 0 Å². The van der Waals surface area contributed by atoms with Gasteiger partial charge < -0.3 is 9.88 Å². The Labute approximate surface area is 109 Å². The first-order valence-corrected chi connectivity index (χ1v) is 7.91. The molecule has 2 rings (SSSR count). The topological polar surface area (TPSA) is 63.1 Å². The molecule has 6 heteroatoms. The predicted octanol–water partition coefficient (Wildman–Crippen LogP) is 1.06.